The molecule has 9 heteroatoms. The smallest absolute Gasteiger partial charge is 0.271 e. The predicted molar refractivity (Wildman–Crippen MR) is 160 cm³/mol. The van der Waals surface area contributed by atoms with E-state index in [1.165, 1.54) is 4.31 Å². The normalized spacial score (nSPS) is 11.4. The minimum absolute atomic E-state index is 0.0520. The first-order valence-corrected chi connectivity index (χ1v) is 14.6. The molecule has 0 unspecified atom stereocenters. The van der Waals surface area contributed by atoms with Crippen LogP contribution in [0.15, 0.2) is 107 Å². The Hall–Kier alpha value is -4.14. The van der Waals surface area contributed by atoms with Gasteiger partial charge in [-0.3, -0.25) is 9.10 Å². The van der Waals surface area contributed by atoms with Gasteiger partial charge in [-0.05, 0) is 90.7 Å². The Morgan fingerprint density at radius 1 is 0.975 bits per heavy atom. The molecule has 4 aromatic rings. The van der Waals surface area contributed by atoms with Crippen molar-refractivity contribution in [2.45, 2.75) is 31.7 Å². The van der Waals surface area contributed by atoms with Crippen LogP contribution in [0.5, 0.6) is 5.75 Å². The fraction of sp³-hybridized carbons (Fsp3) is 0.161. The quantitative estimate of drug-likeness (QED) is 0.161. The van der Waals surface area contributed by atoms with Crippen LogP contribution >= 0.6 is 11.6 Å². The lowest BCUT2D eigenvalue weighted by molar-refractivity contribution is 0.0955. The van der Waals surface area contributed by atoms with Crippen LogP contribution in [0.3, 0.4) is 0 Å². The maximum absolute atomic E-state index is 13.7. The lowest BCUT2D eigenvalue weighted by atomic mass is 10.1. The minimum Gasteiger partial charge on any atom is -0.494 e. The molecule has 0 bridgehead atoms. The molecule has 0 aliphatic carbocycles. The van der Waals surface area contributed by atoms with E-state index in [2.05, 4.69) is 10.5 Å². The van der Waals surface area contributed by atoms with Gasteiger partial charge in [0.05, 0.1) is 29.9 Å². The van der Waals surface area contributed by atoms with E-state index in [9.17, 15) is 13.2 Å². The van der Waals surface area contributed by atoms with Gasteiger partial charge in [0.25, 0.3) is 15.9 Å². The van der Waals surface area contributed by atoms with Crippen molar-refractivity contribution >= 4 is 39.4 Å². The average molecular weight is 576 g/mol. The van der Waals surface area contributed by atoms with Gasteiger partial charge in [0.2, 0.25) is 0 Å². The van der Waals surface area contributed by atoms with Gasteiger partial charge in [-0.2, -0.15) is 5.10 Å². The van der Waals surface area contributed by atoms with Gasteiger partial charge in [-0.1, -0.05) is 54.9 Å². The van der Waals surface area contributed by atoms with Gasteiger partial charge in [0.1, 0.15) is 5.75 Å². The Kier molecular flexibility index (Phi) is 9.58. The summed E-state index contributed by atoms with van der Waals surface area (Å²) >= 11 is 6.24. The zero-order valence-electron chi connectivity index (χ0n) is 22.2. The molecule has 1 N–H and O–H groups in total. The summed E-state index contributed by atoms with van der Waals surface area (Å²) in [6.07, 6.45) is 2.48. The summed E-state index contributed by atoms with van der Waals surface area (Å²) in [5.74, 6) is 0.397. The standard InChI is InChI=1S/C31H30ClN3O4S/c1-3-19-39-28-17-12-24(13-18-28)21-33-34-31(36)26-14-10-25(11-15-26)22-35(30-20-27(32)16-9-23(30)2)40(37,38)29-7-5-4-6-8-29/h4-18,20-21H,3,19,22H2,1-2H3,(H,34,36)/b33-21-. The molecule has 0 fully saturated rings. The molecule has 206 valence electrons. The number of benzene rings is 4. The SMILES string of the molecule is CCCOc1ccc(/C=N\NC(=O)c2ccc(CN(c3cc(Cl)ccc3C)S(=O)(=O)c3ccccc3)cc2)cc1. The Labute approximate surface area is 240 Å². The van der Waals surface area contributed by atoms with Crippen molar-refractivity contribution in [1.29, 1.82) is 0 Å². The summed E-state index contributed by atoms with van der Waals surface area (Å²) in [7, 11) is -3.90. The highest BCUT2D eigenvalue weighted by molar-refractivity contribution is 7.92. The number of anilines is 1. The summed E-state index contributed by atoms with van der Waals surface area (Å²) in [4.78, 5) is 12.8. The Bertz CT molecular complexity index is 1570. The summed E-state index contributed by atoms with van der Waals surface area (Å²) in [6.45, 7) is 4.59. The van der Waals surface area contributed by atoms with E-state index in [4.69, 9.17) is 16.3 Å². The van der Waals surface area contributed by atoms with E-state index < -0.39 is 10.0 Å². The number of carbonyl (C=O) groups is 1. The van der Waals surface area contributed by atoms with Gasteiger partial charge >= 0.3 is 0 Å². The molecule has 0 saturated heterocycles. The van der Waals surface area contributed by atoms with Crippen LogP contribution in [0.4, 0.5) is 5.69 Å². The third-order valence-corrected chi connectivity index (χ3v) is 8.06. The lowest BCUT2D eigenvalue weighted by Crippen LogP contribution is -2.31. The maximum atomic E-state index is 13.7. The third-order valence-electron chi connectivity index (χ3n) is 6.05. The zero-order chi connectivity index (χ0) is 28.5. The number of nitrogens with zero attached hydrogens (tertiary/aromatic N) is 2. The van der Waals surface area contributed by atoms with Crippen LogP contribution in [0.25, 0.3) is 0 Å². The van der Waals surface area contributed by atoms with Crippen molar-refractivity contribution in [3.8, 4) is 5.75 Å². The first-order valence-electron chi connectivity index (χ1n) is 12.8. The van der Waals surface area contributed by atoms with Gasteiger partial charge in [0.15, 0.2) is 0 Å². The number of amides is 1. The molecule has 0 atom stereocenters. The number of ether oxygens (including phenoxy) is 1. The molecule has 4 aromatic carbocycles. The second-order valence-electron chi connectivity index (χ2n) is 9.07. The number of carbonyl (C=O) groups excluding carboxylic acids is 1. The summed E-state index contributed by atoms with van der Waals surface area (Å²) in [6, 6.07) is 27.5. The number of halogens is 1. The van der Waals surface area contributed by atoms with Crippen molar-refractivity contribution in [2.75, 3.05) is 10.9 Å². The second kappa shape index (κ2) is 13.3. The van der Waals surface area contributed by atoms with E-state index in [1.807, 2.05) is 38.1 Å². The van der Waals surface area contributed by atoms with E-state index in [0.29, 0.717) is 28.4 Å². The third kappa shape index (κ3) is 7.28. The van der Waals surface area contributed by atoms with Gasteiger partial charge in [0, 0.05) is 10.6 Å². The van der Waals surface area contributed by atoms with Crippen molar-refractivity contribution in [1.82, 2.24) is 5.43 Å². The summed E-state index contributed by atoms with van der Waals surface area (Å²) in [5, 5.41) is 4.47. The minimum atomic E-state index is -3.90. The molecular weight excluding hydrogens is 546 g/mol. The molecule has 0 spiro atoms. The summed E-state index contributed by atoms with van der Waals surface area (Å²) < 4.78 is 34.2. The highest BCUT2D eigenvalue weighted by Crippen LogP contribution is 2.31. The van der Waals surface area contributed by atoms with Crippen molar-refractivity contribution < 1.29 is 17.9 Å². The molecule has 0 aromatic heterocycles. The Morgan fingerprint density at radius 2 is 1.68 bits per heavy atom. The van der Waals surface area contributed by atoms with Gasteiger partial charge in [-0.15, -0.1) is 0 Å². The number of hydrazone groups is 1. The predicted octanol–water partition coefficient (Wildman–Crippen LogP) is 6.60. The fourth-order valence-corrected chi connectivity index (χ4v) is 5.59. The monoisotopic (exact) mass is 575 g/mol. The molecule has 0 heterocycles. The van der Waals surface area contributed by atoms with Crippen molar-refractivity contribution in [2.24, 2.45) is 5.10 Å². The van der Waals surface area contributed by atoms with Crippen molar-refractivity contribution in [3.63, 3.8) is 0 Å². The summed E-state index contributed by atoms with van der Waals surface area (Å²) in [5.41, 5.74) is 5.67. The largest absolute Gasteiger partial charge is 0.494 e. The average Bonchev–Trinajstić information content (AvgIpc) is 2.97. The van der Waals surface area contributed by atoms with Crippen LogP contribution in [0.2, 0.25) is 5.02 Å². The van der Waals surface area contributed by atoms with Gasteiger partial charge in [-0.25, -0.2) is 13.8 Å². The molecule has 4 rings (SSSR count). The Balaban J connectivity index is 1.48. The molecule has 0 aliphatic rings. The number of aryl methyl sites for hydroxylation is 1. The molecule has 0 aliphatic heterocycles. The van der Waals surface area contributed by atoms with Crippen LogP contribution in [0, 0.1) is 6.92 Å². The number of rotatable bonds is 11. The first-order chi connectivity index (χ1) is 19.3. The molecule has 40 heavy (non-hydrogen) atoms. The lowest BCUT2D eigenvalue weighted by Gasteiger charge is -2.26. The van der Waals surface area contributed by atoms with E-state index in [1.54, 1.807) is 79.0 Å². The number of hydrogen-bond acceptors (Lipinski definition) is 5. The Morgan fingerprint density at radius 3 is 2.35 bits per heavy atom. The van der Waals surface area contributed by atoms with Crippen LogP contribution in [0.1, 0.15) is 40.4 Å². The second-order valence-corrected chi connectivity index (χ2v) is 11.4. The molecule has 7 nitrogen and oxygen atoms in total. The first kappa shape index (κ1) is 28.9. The maximum Gasteiger partial charge on any atom is 0.271 e. The number of sulfonamides is 1. The van der Waals surface area contributed by atoms with E-state index in [0.717, 1.165) is 23.3 Å². The molecule has 1 amide bonds. The highest BCUT2D eigenvalue weighted by atomic mass is 35.5. The molecular formula is C31H30ClN3O4S. The molecule has 0 radical (unpaired) electrons. The van der Waals surface area contributed by atoms with Crippen LogP contribution < -0.4 is 14.5 Å². The van der Waals surface area contributed by atoms with E-state index >= 15 is 0 Å². The van der Waals surface area contributed by atoms with E-state index in [-0.39, 0.29) is 17.3 Å². The highest BCUT2D eigenvalue weighted by Gasteiger charge is 2.26. The van der Waals surface area contributed by atoms with Gasteiger partial charge < -0.3 is 4.74 Å². The van der Waals surface area contributed by atoms with Crippen molar-refractivity contribution in [3.05, 3.63) is 124 Å². The number of hydrogen-bond donors (Lipinski definition) is 1. The van der Waals surface area contributed by atoms with Crippen LogP contribution in [-0.2, 0) is 16.6 Å². The number of nitrogens with one attached hydrogen (secondary N) is 1. The fourth-order valence-electron chi connectivity index (χ4n) is 3.90. The zero-order valence-corrected chi connectivity index (χ0v) is 23.8. The van der Waals surface area contributed by atoms with Crippen LogP contribution in [-0.4, -0.2) is 27.1 Å². The topological polar surface area (TPSA) is 88.1 Å². The molecule has 0 saturated carbocycles.